The highest BCUT2D eigenvalue weighted by Crippen LogP contribution is 2.27. The quantitative estimate of drug-likeness (QED) is 0.467. The van der Waals surface area contributed by atoms with Crippen LogP contribution in [-0.4, -0.2) is 34.6 Å². The average Bonchev–Trinajstić information content (AvgIpc) is 2.72. The van der Waals surface area contributed by atoms with Crippen LogP contribution in [0.5, 0.6) is 5.75 Å². The molecule has 0 amide bonds. The minimum absolute atomic E-state index is 0.129. The number of nitrogens with one attached hydrogen (secondary N) is 2. The van der Waals surface area contributed by atoms with Crippen molar-refractivity contribution in [3.63, 3.8) is 0 Å². The fourth-order valence-electron chi connectivity index (χ4n) is 3.38. The lowest BCUT2D eigenvalue weighted by atomic mass is 9.86. The van der Waals surface area contributed by atoms with Gasteiger partial charge in [0.2, 0.25) is 11.8 Å². The van der Waals surface area contributed by atoms with Crippen molar-refractivity contribution in [1.29, 1.82) is 0 Å². The van der Waals surface area contributed by atoms with Gasteiger partial charge in [-0.1, -0.05) is 18.2 Å². The Morgan fingerprint density at radius 3 is 2.71 bits per heavy atom. The molecular formula is C19H26N6O3. The van der Waals surface area contributed by atoms with Gasteiger partial charge in [-0.25, -0.2) is 4.98 Å². The topological polar surface area (TPSA) is 128 Å². The van der Waals surface area contributed by atoms with Gasteiger partial charge in [0.25, 0.3) is 0 Å². The van der Waals surface area contributed by atoms with Crippen LogP contribution in [0.2, 0.25) is 0 Å². The maximum atomic E-state index is 11.3. The van der Waals surface area contributed by atoms with Crippen molar-refractivity contribution in [2.75, 3.05) is 24.3 Å². The molecule has 9 heteroatoms. The highest BCUT2D eigenvalue weighted by molar-refractivity contribution is 5.57. The number of nitrogens with two attached hydrogens (primary N) is 1. The SMILES string of the molecule is COc1ccccc1CNc1ncc([N+](=O)[O-])c(NC[C@H]2CC[C@H](N)CC2)n1. The molecule has 2 aromatic rings. The summed E-state index contributed by atoms with van der Waals surface area (Å²) in [5.41, 5.74) is 6.76. The van der Waals surface area contributed by atoms with Crippen molar-refractivity contribution in [2.24, 2.45) is 11.7 Å². The zero-order valence-corrected chi connectivity index (χ0v) is 15.9. The van der Waals surface area contributed by atoms with Crippen LogP contribution in [0.15, 0.2) is 30.5 Å². The summed E-state index contributed by atoms with van der Waals surface area (Å²) < 4.78 is 5.33. The van der Waals surface area contributed by atoms with E-state index in [1.54, 1.807) is 7.11 Å². The van der Waals surface area contributed by atoms with Gasteiger partial charge in [-0.3, -0.25) is 10.1 Å². The Hall–Kier alpha value is -2.94. The van der Waals surface area contributed by atoms with E-state index in [0.29, 0.717) is 25.0 Å². The number of benzene rings is 1. The summed E-state index contributed by atoms with van der Waals surface area (Å²) in [6.07, 6.45) is 5.25. The minimum atomic E-state index is -0.469. The molecule has 150 valence electrons. The van der Waals surface area contributed by atoms with Crippen LogP contribution in [0.4, 0.5) is 17.5 Å². The Balaban J connectivity index is 1.67. The normalized spacial score (nSPS) is 19.1. The molecule has 0 spiro atoms. The van der Waals surface area contributed by atoms with Crippen LogP contribution in [0.1, 0.15) is 31.2 Å². The highest BCUT2D eigenvalue weighted by atomic mass is 16.6. The summed E-state index contributed by atoms with van der Waals surface area (Å²) in [5, 5.41) is 17.6. The first kappa shape index (κ1) is 19.8. The molecule has 3 rings (SSSR count). The third-order valence-electron chi connectivity index (χ3n) is 5.05. The molecule has 1 saturated carbocycles. The van der Waals surface area contributed by atoms with Gasteiger partial charge in [-0.15, -0.1) is 0 Å². The van der Waals surface area contributed by atoms with E-state index in [0.717, 1.165) is 37.0 Å². The lowest BCUT2D eigenvalue weighted by Crippen LogP contribution is -2.29. The van der Waals surface area contributed by atoms with Crippen molar-refractivity contribution >= 4 is 17.5 Å². The average molecular weight is 386 g/mol. The number of methoxy groups -OCH3 is 1. The van der Waals surface area contributed by atoms with Crippen molar-refractivity contribution in [2.45, 2.75) is 38.3 Å². The Kier molecular flexibility index (Phi) is 6.59. The lowest BCUT2D eigenvalue weighted by molar-refractivity contribution is -0.384. The van der Waals surface area contributed by atoms with E-state index in [2.05, 4.69) is 20.6 Å². The molecule has 0 radical (unpaired) electrons. The Morgan fingerprint density at radius 1 is 1.25 bits per heavy atom. The Morgan fingerprint density at radius 2 is 2.00 bits per heavy atom. The maximum Gasteiger partial charge on any atom is 0.329 e. The molecule has 1 aliphatic carbocycles. The van der Waals surface area contributed by atoms with Crippen LogP contribution in [0.25, 0.3) is 0 Å². The molecular weight excluding hydrogens is 360 g/mol. The van der Waals surface area contributed by atoms with Crippen molar-refractivity contribution in [3.8, 4) is 5.75 Å². The largest absolute Gasteiger partial charge is 0.496 e. The van der Waals surface area contributed by atoms with Gasteiger partial charge in [-0.2, -0.15) is 4.98 Å². The third kappa shape index (κ3) is 5.07. The summed E-state index contributed by atoms with van der Waals surface area (Å²) >= 11 is 0. The molecule has 4 N–H and O–H groups in total. The fourth-order valence-corrected chi connectivity index (χ4v) is 3.38. The molecule has 1 aliphatic rings. The number of aromatic nitrogens is 2. The van der Waals surface area contributed by atoms with Crippen molar-refractivity contribution in [1.82, 2.24) is 9.97 Å². The zero-order valence-electron chi connectivity index (χ0n) is 15.9. The maximum absolute atomic E-state index is 11.3. The molecule has 1 aromatic heterocycles. The van der Waals surface area contributed by atoms with Crippen LogP contribution in [0.3, 0.4) is 0 Å². The van der Waals surface area contributed by atoms with Crippen LogP contribution < -0.4 is 21.1 Å². The van der Waals surface area contributed by atoms with Gasteiger partial charge in [0, 0.05) is 24.7 Å². The number of nitrogens with zero attached hydrogens (tertiary/aromatic N) is 3. The molecule has 0 saturated heterocycles. The molecule has 0 atom stereocenters. The summed E-state index contributed by atoms with van der Waals surface area (Å²) in [5.74, 6) is 1.76. The van der Waals surface area contributed by atoms with E-state index >= 15 is 0 Å². The van der Waals surface area contributed by atoms with E-state index in [-0.39, 0.29) is 17.5 Å². The van der Waals surface area contributed by atoms with E-state index in [1.807, 2.05) is 24.3 Å². The van der Waals surface area contributed by atoms with E-state index in [4.69, 9.17) is 10.5 Å². The number of rotatable bonds is 8. The van der Waals surface area contributed by atoms with Gasteiger partial charge in [0.05, 0.1) is 12.0 Å². The van der Waals surface area contributed by atoms with Crippen LogP contribution in [-0.2, 0) is 6.54 Å². The Bertz CT molecular complexity index is 808. The van der Waals surface area contributed by atoms with Gasteiger partial charge < -0.3 is 21.1 Å². The summed E-state index contributed by atoms with van der Waals surface area (Å²) in [6, 6.07) is 7.89. The molecule has 0 bridgehead atoms. The van der Waals surface area contributed by atoms with Crippen molar-refractivity contribution in [3.05, 3.63) is 46.1 Å². The summed E-state index contributed by atoms with van der Waals surface area (Å²) in [6.45, 7) is 1.08. The number of ether oxygens (including phenoxy) is 1. The number of hydrogen-bond donors (Lipinski definition) is 3. The van der Waals surface area contributed by atoms with Gasteiger partial charge in [-0.05, 0) is 37.7 Å². The first-order valence-electron chi connectivity index (χ1n) is 9.43. The molecule has 0 aliphatic heterocycles. The minimum Gasteiger partial charge on any atom is -0.496 e. The zero-order chi connectivity index (χ0) is 19.9. The molecule has 1 heterocycles. The number of para-hydroxylation sites is 1. The highest BCUT2D eigenvalue weighted by Gasteiger charge is 2.21. The Labute approximate surface area is 163 Å². The lowest BCUT2D eigenvalue weighted by Gasteiger charge is -2.26. The summed E-state index contributed by atoms with van der Waals surface area (Å²) in [7, 11) is 1.61. The van der Waals surface area contributed by atoms with E-state index < -0.39 is 4.92 Å². The predicted octanol–water partition coefficient (Wildman–Crippen LogP) is 2.93. The number of hydrogen-bond acceptors (Lipinski definition) is 8. The monoisotopic (exact) mass is 386 g/mol. The third-order valence-corrected chi connectivity index (χ3v) is 5.05. The van der Waals surface area contributed by atoms with Crippen LogP contribution >= 0.6 is 0 Å². The van der Waals surface area contributed by atoms with E-state index in [9.17, 15) is 10.1 Å². The predicted molar refractivity (Wildman–Crippen MR) is 107 cm³/mol. The molecule has 28 heavy (non-hydrogen) atoms. The van der Waals surface area contributed by atoms with Crippen molar-refractivity contribution < 1.29 is 9.66 Å². The second-order valence-electron chi connectivity index (χ2n) is 7.01. The first-order valence-corrected chi connectivity index (χ1v) is 9.43. The fraction of sp³-hybridized carbons (Fsp3) is 0.474. The smallest absolute Gasteiger partial charge is 0.329 e. The molecule has 9 nitrogen and oxygen atoms in total. The standard InChI is InChI=1S/C19H26N6O3/c1-28-17-5-3-2-4-14(17)11-22-19-23-12-16(25(26)27)18(24-19)21-10-13-6-8-15(20)9-7-13/h2-5,12-13,15H,6-11,20H2,1H3,(H2,21,22,23,24)/t13-,15-. The first-order chi connectivity index (χ1) is 13.6. The summed E-state index contributed by atoms with van der Waals surface area (Å²) in [4.78, 5) is 19.3. The van der Waals surface area contributed by atoms with Crippen LogP contribution in [0, 0.1) is 16.0 Å². The second-order valence-corrected chi connectivity index (χ2v) is 7.01. The van der Waals surface area contributed by atoms with E-state index in [1.165, 1.54) is 6.20 Å². The van der Waals surface area contributed by atoms with Gasteiger partial charge >= 0.3 is 5.69 Å². The molecule has 1 fully saturated rings. The molecule has 0 unspecified atom stereocenters. The molecule has 1 aromatic carbocycles. The number of anilines is 2. The second kappa shape index (κ2) is 9.32. The number of nitro groups is 1. The van der Waals surface area contributed by atoms with Gasteiger partial charge in [0.1, 0.15) is 11.9 Å². The van der Waals surface area contributed by atoms with Gasteiger partial charge in [0.15, 0.2) is 0 Å².